The largest absolute Gasteiger partial charge is 0.496 e. The van der Waals surface area contributed by atoms with Gasteiger partial charge in [0.25, 0.3) is 0 Å². The maximum Gasteiger partial charge on any atom is 0.184 e. The molecule has 2 aromatic carbocycles. The van der Waals surface area contributed by atoms with Crippen molar-refractivity contribution in [2.45, 2.75) is 45.1 Å². The summed E-state index contributed by atoms with van der Waals surface area (Å²) in [6, 6.07) is 12.4. The van der Waals surface area contributed by atoms with E-state index < -0.39 is 0 Å². The molecule has 1 atom stereocenters. The number of ether oxygens (including phenoxy) is 1. The second-order valence-corrected chi connectivity index (χ2v) is 9.38. The Morgan fingerprint density at radius 3 is 2.77 bits per heavy atom. The Bertz CT molecular complexity index is 1110. The van der Waals surface area contributed by atoms with Gasteiger partial charge in [0.1, 0.15) is 5.75 Å². The summed E-state index contributed by atoms with van der Waals surface area (Å²) >= 11 is 8.12. The maximum atomic E-state index is 6.52. The van der Waals surface area contributed by atoms with E-state index in [0.717, 1.165) is 39.0 Å². The summed E-state index contributed by atoms with van der Waals surface area (Å²) in [5.41, 5.74) is 5.59. The maximum absolute atomic E-state index is 6.52. The third kappa shape index (κ3) is 4.33. The summed E-state index contributed by atoms with van der Waals surface area (Å²) < 4.78 is 5.37. The molecule has 5 heteroatoms. The lowest BCUT2D eigenvalue weighted by Crippen LogP contribution is -2.20. The highest BCUT2D eigenvalue weighted by Crippen LogP contribution is 2.42. The number of hydrogen-bond acceptors (Lipinski definition) is 4. The first-order chi connectivity index (χ1) is 14.5. The molecule has 1 saturated carbocycles. The van der Waals surface area contributed by atoms with Crippen LogP contribution in [0.4, 0.5) is 5.13 Å². The Morgan fingerprint density at radius 2 is 2.07 bits per heavy atom. The fourth-order valence-corrected chi connectivity index (χ4v) is 4.93. The van der Waals surface area contributed by atoms with Gasteiger partial charge in [0.05, 0.1) is 23.9 Å². The van der Waals surface area contributed by atoms with Gasteiger partial charge in [-0.25, -0.2) is 4.98 Å². The van der Waals surface area contributed by atoms with Crippen molar-refractivity contribution >= 4 is 28.1 Å². The second-order valence-electron chi connectivity index (χ2n) is 7.77. The highest BCUT2D eigenvalue weighted by molar-refractivity contribution is 7.16. The summed E-state index contributed by atoms with van der Waals surface area (Å²) in [7, 11) is 1.65. The van der Waals surface area contributed by atoms with E-state index in [0.29, 0.717) is 10.9 Å². The minimum absolute atomic E-state index is 0.114. The zero-order chi connectivity index (χ0) is 21.3. The Hall–Kier alpha value is -2.48. The number of methoxy groups -OCH3 is 1. The van der Waals surface area contributed by atoms with Gasteiger partial charge in [0.2, 0.25) is 0 Å². The van der Waals surface area contributed by atoms with E-state index in [9.17, 15) is 0 Å². The molecule has 1 heterocycles. The zero-order valence-corrected chi connectivity index (χ0v) is 19.0. The molecule has 0 radical (unpaired) electrons. The molecule has 0 saturated heterocycles. The van der Waals surface area contributed by atoms with Crippen LogP contribution in [0.15, 0.2) is 36.4 Å². The highest BCUT2D eigenvalue weighted by Gasteiger charge is 2.26. The van der Waals surface area contributed by atoms with E-state index in [-0.39, 0.29) is 6.04 Å². The monoisotopic (exact) mass is 436 g/mol. The van der Waals surface area contributed by atoms with Gasteiger partial charge in [0.15, 0.2) is 5.13 Å². The van der Waals surface area contributed by atoms with Gasteiger partial charge in [-0.1, -0.05) is 41.8 Å². The second kappa shape index (κ2) is 8.71. The quantitative estimate of drug-likeness (QED) is 0.422. The molecular formula is C25H25ClN2OS. The first-order valence-electron chi connectivity index (χ1n) is 10.1. The fraction of sp³-hybridized carbons (Fsp3) is 0.320. The average molecular weight is 437 g/mol. The van der Waals surface area contributed by atoms with Crippen molar-refractivity contribution in [1.29, 1.82) is 0 Å². The first-order valence-corrected chi connectivity index (χ1v) is 11.3. The number of nitrogens with zero attached hydrogens (tertiary/aromatic N) is 1. The number of benzene rings is 2. The molecule has 154 valence electrons. The molecule has 1 aromatic heterocycles. The summed E-state index contributed by atoms with van der Waals surface area (Å²) in [5, 5.41) is 4.90. The van der Waals surface area contributed by atoms with Gasteiger partial charge in [-0.3, -0.25) is 0 Å². The Labute approximate surface area is 187 Å². The van der Waals surface area contributed by atoms with Crippen molar-refractivity contribution in [2.75, 3.05) is 12.4 Å². The lowest BCUT2D eigenvalue weighted by atomic mass is 9.97. The standard InChI is InChI=1S/C25H25ClN2OS/c1-5-19(13-18-8-6-7-9-20(18)17-10-11-17)27-25-28-24(16(3)30-25)21-12-15(2)23(29-4)14-22(21)26/h1,6-9,12,14,17,19H,10-11,13H2,2-4H3,(H,27,28). The van der Waals surface area contributed by atoms with Gasteiger partial charge < -0.3 is 10.1 Å². The normalized spacial score (nSPS) is 14.2. The van der Waals surface area contributed by atoms with E-state index in [1.165, 1.54) is 24.0 Å². The number of nitrogens with one attached hydrogen (secondary N) is 1. The van der Waals surface area contributed by atoms with E-state index in [1.807, 2.05) is 19.1 Å². The molecule has 30 heavy (non-hydrogen) atoms. The van der Waals surface area contributed by atoms with Crippen molar-refractivity contribution in [1.82, 2.24) is 4.98 Å². The van der Waals surface area contributed by atoms with E-state index in [2.05, 4.69) is 42.4 Å². The minimum Gasteiger partial charge on any atom is -0.496 e. The van der Waals surface area contributed by atoms with Crippen LogP contribution in [0.3, 0.4) is 0 Å². The molecule has 4 rings (SSSR count). The first kappa shape index (κ1) is 20.8. The van der Waals surface area contributed by atoms with Crippen molar-refractivity contribution in [3.63, 3.8) is 0 Å². The van der Waals surface area contributed by atoms with Gasteiger partial charge in [-0.15, -0.1) is 17.8 Å². The van der Waals surface area contributed by atoms with Crippen molar-refractivity contribution in [3.05, 3.63) is 63.0 Å². The number of terminal acetylenes is 1. The fourth-order valence-electron chi connectivity index (χ4n) is 3.81. The van der Waals surface area contributed by atoms with Gasteiger partial charge in [0, 0.05) is 16.9 Å². The number of thiazole rings is 1. The number of aromatic nitrogens is 1. The molecule has 0 bridgehead atoms. The van der Waals surface area contributed by atoms with Crippen molar-refractivity contribution < 1.29 is 4.74 Å². The summed E-state index contributed by atoms with van der Waals surface area (Å²) in [5.74, 6) is 4.38. The Morgan fingerprint density at radius 1 is 1.30 bits per heavy atom. The van der Waals surface area contributed by atoms with Gasteiger partial charge in [-0.05, 0) is 61.4 Å². The van der Waals surface area contributed by atoms with Crippen LogP contribution in [0.25, 0.3) is 11.3 Å². The third-order valence-electron chi connectivity index (χ3n) is 5.53. The minimum atomic E-state index is -0.114. The third-order valence-corrected chi connectivity index (χ3v) is 6.75. The van der Waals surface area contributed by atoms with Crippen LogP contribution < -0.4 is 10.1 Å². The summed E-state index contributed by atoms with van der Waals surface area (Å²) in [6.07, 6.45) is 9.22. The highest BCUT2D eigenvalue weighted by atomic mass is 35.5. The molecule has 3 aromatic rings. The number of aryl methyl sites for hydroxylation is 2. The summed E-state index contributed by atoms with van der Waals surface area (Å²) in [6.45, 7) is 4.06. The van der Waals surface area contributed by atoms with Crippen LogP contribution in [0, 0.1) is 26.2 Å². The van der Waals surface area contributed by atoms with Crippen molar-refractivity contribution in [2.24, 2.45) is 0 Å². The smallest absolute Gasteiger partial charge is 0.184 e. The SMILES string of the molecule is C#CC(Cc1ccccc1C1CC1)Nc1nc(-c2cc(C)c(OC)cc2Cl)c(C)s1. The topological polar surface area (TPSA) is 34.2 Å². The van der Waals surface area contributed by atoms with Gasteiger partial charge in [-0.2, -0.15) is 0 Å². The zero-order valence-electron chi connectivity index (χ0n) is 17.5. The number of halogens is 1. The lowest BCUT2D eigenvalue weighted by Gasteiger charge is -2.15. The molecule has 1 unspecified atom stereocenters. The average Bonchev–Trinajstić information content (AvgIpc) is 3.52. The molecule has 1 aliphatic carbocycles. The van der Waals surface area contributed by atoms with E-state index in [1.54, 1.807) is 18.4 Å². The molecule has 1 aliphatic rings. The predicted molar refractivity (Wildman–Crippen MR) is 127 cm³/mol. The van der Waals surface area contributed by atoms with Crippen LogP contribution in [0.1, 0.15) is 40.3 Å². The molecule has 0 spiro atoms. The van der Waals surface area contributed by atoms with Crippen LogP contribution in [-0.2, 0) is 6.42 Å². The number of rotatable bonds is 7. The van der Waals surface area contributed by atoms with Crippen LogP contribution in [-0.4, -0.2) is 18.1 Å². The Balaban J connectivity index is 1.56. The molecular weight excluding hydrogens is 412 g/mol. The van der Waals surface area contributed by atoms with E-state index in [4.69, 9.17) is 27.7 Å². The van der Waals surface area contributed by atoms with Crippen LogP contribution in [0.2, 0.25) is 5.02 Å². The molecule has 1 fully saturated rings. The van der Waals surface area contributed by atoms with E-state index >= 15 is 0 Å². The number of anilines is 1. The molecule has 1 N–H and O–H groups in total. The number of hydrogen-bond donors (Lipinski definition) is 1. The summed E-state index contributed by atoms with van der Waals surface area (Å²) in [4.78, 5) is 5.92. The van der Waals surface area contributed by atoms with Crippen LogP contribution >= 0.6 is 22.9 Å². The Kier molecular flexibility index (Phi) is 6.04. The lowest BCUT2D eigenvalue weighted by molar-refractivity contribution is 0.412. The molecule has 0 aliphatic heterocycles. The molecule has 3 nitrogen and oxygen atoms in total. The van der Waals surface area contributed by atoms with Crippen LogP contribution in [0.5, 0.6) is 5.75 Å². The predicted octanol–water partition coefficient (Wildman–Crippen LogP) is 6.62. The van der Waals surface area contributed by atoms with Crippen molar-refractivity contribution in [3.8, 4) is 29.4 Å². The molecule has 0 amide bonds. The van der Waals surface area contributed by atoms with Gasteiger partial charge >= 0.3 is 0 Å².